The van der Waals surface area contributed by atoms with E-state index in [2.05, 4.69) is 10.3 Å². The van der Waals surface area contributed by atoms with Gasteiger partial charge >= 0.3 is 6.03 Å². The number of amides is 2. The zero-order chi connectivity index (χ0) is 16.9. The van der Waals surface area contributed by atoms with Gasteiger partial charge < -0.3 is 15.0 Å². The Labute approximate surface area is 138 Å². The second-order valence-corrected chi connectivity index (χ2v) is 5.54. The molecule has 1 aliphatic heterocycles. The first-order valence-electron chi connectivity index (χ1n) is 7.70. The molecule has 1 aromatic heterocycles. The van der Waals surface area contributed by atoms with E-state index in [0.717, 1.165) is 25.0 Å². The number of ether oxygens (including phenoxy) is 1. The van der Waals surface area contributed by atoms with Gasteiger partial charge in [-0.3, -0.25) is 4.98 Å². The lowest BCUT2D eigenvalue weighted by Crippen LogP contribution is -2.46. The molecule has 0 bridgehead atoms. The predicted molar refractivity (Wildman–Crippen MR) is 84.8 cm³/mol. The Bertz CT molecular complexity index is 692. The maximum absolute atomic E-state index is 13.6. The molecule has 5 nitrogen and oxygen atoms in total. The van der Waals surface area contributed by atoms with Crippen LogP contribution in [-0.4, -0.2) is 35.1 Å². The fraction of sp³-hybridized carbons (Fsp3) is 0.294. The van der Waals surface area contributed by atoms with Gasteiger partial charge in [-0.15, -0.1) is 0 Å². The van der Waals surface area contributed by atoms with Crippen LogP contribution in [0.4, 0.5) is 19.3 Å². The van der Waals surface area contributed by atoms with Gasteiger partial charge in [-0.2, -0.15) is 0 Å². The highest BCUT2D eigenvalue weighted by Crippen LogP contribution is 2.21. The molecule has 126 valence electrons. The SMILES string of the molecule is O=C(Nc1c(F)cccc1F)N1CCCC(Oc2ccncc2)C1. The first kappa shape index (κ1) is 16.2. The highest BCUT2D eigenvalue weighted by molar-refractivity contribution is 5.89. The number of hydrogen-bond donors (Lipinski definition) is 1. The number of piperidine rings is 1. The Kier molecular flexibility index (Phi) is 4.88. The standard InChI is InChI=1S/C17H17F2N3O2/c18-14-4-1-5-15(19)16(14)21-17(23)22-10-2-3-13(11-22)24-12-6-8-20-9-7-12/h1,4-9,13H,2-3,10-11H2,(H,21,23). The van der Waals surface area contributed by atoms with Crippen LogP contribution in [0.15, 0.2) is 42.7 Å². The Morgan fingerprint density at radius 2 is 1.92 bits per heavy atom. The van der Waals surface area contributed by atoms with E-state index in [-0.39, 0.29) is 6.10 Å². The van der Waals surface area contributed by atoms with Gasteiger partial charge in [0.2, 0.25) is 0 Å². The Hall–Kier alpha value is -2.70. The van der Waals surface area contributed by atoms with Crippen LogP contribution >= 0.6 is 0 Å². The van der Waals surface area contributed by atoms with E-state index in [1.807, 2.05) is 0 Å². The van der Waals surface area contributed by atoms with Crippen molar-refractivity contribution in [3.05, 3.63) is 54.4 Å². The number of carbonyl (C=O) groups is 1. The van der Waals surface area contributed by atoms with Gasteiger partial charge in [0.15, 0.2) is 0 Å². The number of halogens is 2. The number of benzene rings is 1. The summed E-state index contributed by atoms with van der Waals surface area (Å²) in [5.41, 5.74) is -0.431. The van der Waals surface area contributed by atoms with Crippen molar-refractivity contribution in [2.45, 2.75) is 18.9 Å². The van der Waals surface area contributed by atoms with Crippen molar-refractivity contribution >= 4 is 11.7 Å². The molecular weight excluding hydrogens is 316 g/mol. The quantitative estimate of drug-likeness (QED) is 0.936. The maximum Gasteiger partial charge on any atom is 0.322 e. The number of likely N-dealkylation sites (tertiary alicyclic amines) is 1. The van der Waals surface area contributed by atoms with Crippen molar-refractivity contribution in [2.24, 2.45) is 0 Å². The molecular formula is C17H17F2N3O2. The molecule has 2 aromatic rings. The minimum absolute atomic E-state index is 0.169. The first-order valence-corrected chi connectivity index (χ1v) is 7.70. The zero-order valence-electron chi connectivity index (χ0n) is 12.9. The van der Waals surface area contributed by atoms with Crippen LogP contribution in [0.25, 0.3) is 0 Å². The van der Waals surface area contributed by atoms with E-state index in [0.29, 0.717) is 18.8 Å². The van der Waals surface area contributed by atoms with Crippen LogP contribution in [0.5, 0.6) is 5.75 Å². The van der Waals surface area contributed by atoms with E-state index < -0.39 is 23.4 Å². The molecule has 2 amide bonds. The lowest BCUT2D eigenvalue weighted by molar-refractivity contribution is 0.106. The van der Waals surface area contributed by atoms with Crippen molar-refractivity contribution in [1.82, 2.24) is 9.88 Å². The number of rotatable bonds is 3. The molecule has 0 spiro atoms. The molecule has 1 fully saturated rings. The molecule has 0 radical (unpaired) electrons. The van der Waals surface area contributed by atoms with Gasteiger partial charge in [0, 0.05) is 18.9 Å². The van der Waals surface area contributed by atoms with E-state index in [1.165, 1.54) is 11.0 Å². The van der Waals surface area contributed by atoms with Crippen LogP contribution in [0.3, 0.4) is 0 Å². The third-order valence-corrected chi connectivity index (χ3v) is 3.81. The Morgan fingerprint density at radius 3 is 2.62 bits per heavy atom. The fourth-order valence-electron chi connectivity index (χ4n) is 2.63. The number of nitrogens with zero attached hydrogens (tertiary/aromatic N) is 2. The molecule has 1 aromatic carbocycles. The molecule has 1 aliphatic rings. The van der Waals surface area contributed by atoms with Gasteiger partial charge in [0.05, 0.1) is 6.54 Å². The van der Waals surface area contributed by atoms with Crippen molar-refractivity contribution in [3.8, 4) is 5.75 Å². The average molecular weight is 333 g/mol. The van der Waals surface area contributed by atoms with E-state index in [1.54, 1.807) is 24.5 Å². The molecule has 24 heavy (non-hydrogen) atoms. The largest absolute Gasteiger partial charge is 0.488 e. The molecule has 7 heteroatoms. The van der Waals surface area contributed by atoms with Crippen LogP contribution in [0.1, 0.15) is 12.8 Å². The zero-order valence-corrected chi connectivity index (χ0v) is 12.9. The Balaban J connectivity index is 1.63. The van der Waals surface area contributed by atoms with Gasteiger partial charge in [0.25, 0.3) is 0 Å². The molecule has 0 aliphatic carbocycles. The summed E-state index contributed by atoms with van der Waals surface area (Å²) >= 11 is 0. The monoisotopic (exact) mass is 333 g/mol. The molecule has 2 heterocycles. The summed E-state index contributed by atoms with van der Waals surface area (Å²) in [5.74, 6) is -0.924. The summed E-state index contributed by atoms with van der Waals surface area (Å²) in [4.78, 5) is 17.7. The topological polar surface area (TPSA) is 54.5 Å². The van der Waals surface area contributed by atoms with Crippen LogP contribution < -0.4 is 10.1 Å². The van der Waals surface area contributed by atoms with E-state index in [4.69, 9.17) is 4.74 Å². The normalized spacial score (nSPS) is 17.4. The molecule has 0 saturated carbocycles. The predicted octanol–water partition coefficient (Wildman–Crippen LogP) is 3.44. The van der Waals surface area contributed by atoms with Gasteiger partial charge in [-0.25, -0.2) is 13.6 Å². The molecule has 1 unspecified atom stereocenters. The van der Waals surface area contributed by atoms with Gasteiger partial charge in [-0.05, 0) is 37.1 Å². The molecule has 1 saturated heterocycles. The summed E-state index contributed by atoms with van der Waals surface area (Å²) < 4.78 is 33.1. The van der Waals surface area contributed by atoms with E-state index >= 15 is 0 Å². The second-order valence-electron chi connectivity index (χ2n) is 5.54. The van der Waals surface area contributed by atoms with Gasteiger partial charge in [0.1, 0.15) is 29.2 Å². The molecule has 1 N–H and O–H groups in total. The van der Waals surface area contributed by atoms with Crippen molar-refractivity contribution in [2.75, 3.05) is 18.4 Å². The smallest absolute Gasteiger partial charge is 0.322 e. The molecule has 3 rings (SSSR count). The number of anilines is 1. The fourth-order valence-corrected chi connectivity index (χ4v) is 2.63. The van der Waals surface area contributed by atoms with Crippen LogP contribution in [0, 0.1) is 11.6 Å². The van der Waals surface area contributed by atoms with Crippen molar-refractivity contribution in [3.63, 3.8) is 0 Å². The summed E-state index contributed by atoms with van der Waals surface area (Å²) in [6.45, 7) is 0.863. The number of hydrogen-bond acceptors (Lipinski definition) is 3. The van der Waals surface area contributed by atoms with Gasteiger partial charge in [-0.1, -0.05) is 6.07 Å². The third kappa shape index (κ3) is 3.79. The van der Waals surface area contributed by atoms with Crippen molar-refractivity contribution < 1.29 is 18.3 Å². The molecule has 1 atom stereocenters. The summed E-state index contributed by atoms with van der Waals surface area (Å²) in [6, 6.07) is 6.40. The highest BCUT2D eigenvalue weighted by Gasteiger charge is 2.26. The van der Waals surface area contributed by atoms with Crippen molar-refractivity contribution in [1.29, 1.82) is 0 Å². The van der Waals surface area contributed by atoms with Crippen LogP contribution in [0.2, 0.25) is 0 Å². The maximum atomic E-state index is 13.6. The van der Waals surface area contributed by atoms with Crippen LogP contribution in [-0.2, 0) is 0 Å². The number of aromatic nitrogens is 1. The number of para-hydroxylation sites is 1. The van der Waals surface area contributed by atoms with E-state index in [9.17, 15) is 13.6 Å². The first-order chi connectivity index (χ1) is 11.6. The summed E-state index contributed by atoms with van der Waals surface area (Å²) in [6.07, 6.45) is 4.65. The lowest BCUT2D eigenvalue weighted by Gasteiger charge is -2.33. The summed E-state index contributed by atoms with van der Waals surface area (Å²) in [5, 5.41) is 2.30. The number of pyridine rings is 1. The highest BCUT2D eigenvalue weighted by atomic mass is 19.1. The summed E-state index contributed by atoms with van der Waals surface area (Å²) in [7, 11) is 0. The number of carbonyl (C=O) groups excluding carboxylic acids is 1. The number of urea groups is 1. The minimum Gasteiger partial charge on any atom is -0.488 e. The average Bonchev–Trinajstić information content (AvgIpc) is 2.59. The lowest BCUT2D eigenvalue weighted by atomic mass is 10.1. The third-order valence-electron chi connectivity index (χ3n) is 3.81. The minimum atomic E-state index is -0.801. The Morgan fingerprint density at radius 1 is 1.21 bits per heavy atom. The number of nitrogens with one attached hydrogen (secondary N) is 1. The second kappa shape index (κ2) is 7.25.